The molecule has 0 aliphatic carbocycles. The Bertz CT molecular complexity index is 596. The molecular formula is C13H8F3NO2. The minimum Gasteiger partial charge on any atom is -0.455 e. The number of carbonyl (C=O) groups excluding carboxylic acids is 1. The summed E-state index contributed by atoms with van der Waals surface area (Å²) in [5.74, 6) is -0.263. The molecule has 0 saturated heterocycles. The second-order valence-corrected chi connectivity index (χ2v) is 3.67. The van der Waals surface area contributed by atoms with Crippen LogP contribution in [0.1, 0.15) is 15.9 Å². The Hall–Kier alpha value is -2.37. The highest BCUT2D eigenvalue weighted by atomic mass is 19.4. The summed E-state index contributed by atoms with van der Waals surface area (Å²) in [6.07, 6.45) is -1.45. The summed E-state index contributed by atoms with van der Waals surface area (Å²) in [4.78, 5) is 14.3. The zero-order valence-electron chi connectivity index (χ0n) is 9.52. The molecule has 0 aliphatic heterocycles. The van der Waals surface area contributed by atoms with Crippen LogP contribution in [0.3, 0.4) is 0 Å². The molecule has 0 saturated carbocycles. The molecule has 0 unspecified atom stereocenters. The van der Waals surface area contributed by atoms with Gasteiger partial charge >= 0.3 is 6.18 Å². The number of ether oxygens (including phenoxy) is 1. The van der Waals surface area contributed by atoms with Gasteiger partial charge in [0.25, 0.3) is 0 Å². The molecule has 1 aromatic heterocycles. The number of benzene rings is 1. The summed E-state index contributed by atoms with van der Waals surface area (Å²) in [6, 6.07) is 6.15. The van der Waals surface area contributed by atoms with Gasteiger partial charge in [0.05, 0.1) is 11.8 Å². The first-order chi connectivity index (χ1) is 9.00. The number of para-hydroxylation sites is 1. The normalized spacial score (nSPS) is 11.1. The van der Waals surface area contributed by atoms with Gasteiger partial charge in [0.2, 0.25) is 0 Å². The molecule has 6 heteroatoms. The zero-order chi connectivity index (χ0) is 13.9. The average molecular weight is 267 g/mol. The highest BCUT2D eigenvalue weighted by Crippen LogP contribution is 2.37. The van der Waals surface area contributed by atoms with E-state index in [-0.39, 0.29) is 17.1 Å². The number of aromatic nitrogens is 1. The third kappa shape index (κ3) is 3.09. The van der Waals surface area contributed by atoms with Crippen LogP contribution >= 0.6 is 0 Å². The Labute approximate surface area is 106 Å². The molecule has 0 amide bonds. The molecule has 19 heavy (non-hydrogen) atoms. The molecule has 2 aromatic rings. The topological polar surface area (TPSA) is 39.2 Å². The van der Waals surface area contributed by atoms with Crippen molar-refractivity contribution in [2.45, 2.75) is 6.18 Å². The first-order valence-corrected chi connectivity index (χ1v) is 5.25. The highest BCUT2D eigenvalue weighted by Gasteiger charge is 2.34. The van der Waals surface area contributed by atoms with Gasteiger partial charge in [0.15, 0.2) is 6.29 Å². The monoisotopic (exact) mass is 267 g/mol. The average Bonchev–Trinajstić information content (AvgIpc) is 2.38. The van der Waals surface area contributed by atoms with Crippen molar-refractivity contribution in [3.05, 3.63) is 53.9 Å². The van der Waals surface area contributed by atoms with E-state index in [9.17, 15) is 18.0 Å². The number of pyridine rings is 1. The summed E-state index contributed by atoms with van der Waals surface area (Å²) in [5.41, 5.74) is -0.659. The van der Waals surface area contributed by atoms with Crippen molar-refractivity contribution in [2.75, 3.05) is 0 Å². The number of aldehydes is 1. The Kier molecular flexibility index (Phi) is 3.50. The maximum Gasteiger partial charge on any atom is 0.419 e. The summed E-state index contributed by atoms with van der Waals surface area (Å²) < 4.78 is 43.4. The molecule has 0 N–H and O–H groups in total. The van der Waals surface area contributed by atoms with E-state index >= 15 is 0 Å². The van der Waals surface area contributed by atoms with Crippen molar-refractivity contribution in [3.8, 4) is 11.5 Å². The SMILES string of the molecule is O=Cc1cncc(Oc2ccccc2C(F)(F)F)c1. The van der Waals surface area contributed by atoms with Crippen molar-refractivity contribution in [2.24, 2.45) is 0 Å². The standard InChI is InChI=1S/C13H8F3NO2/c14-13(15,16)11-3-1-2-4-12(11)19-10-5-9(8-18)6-17-7-10/h1-8H. The molecular weight excluding hydrogens is 259 g/mol. The van der Waals surface area contributed by atoms with E-state index in [0.717, 1.165) is 6.07 Å². The van der Waals surface area contributed by atoms with Gasteiger partial charge in [-0.05, 0) is 18.2 Å². The highest BCUT2D eigenvalue weighted by molar-refractivity contribution is 5.74. The lowest BCUT2D eigenvalue weighted by atomic mass is 10.2. The Morgan fingerprint density at radius 2 is 1.89 bits per heavy atom. The van der Waals surface area contributed by atoms with Gasteiger partial charge in [-0.25, -0.2) is 0 Å². The lowest BCUT2D eigenvalue weighted by Gasteiger charge is -2.13. The van der Waals surface area contributed by atoms with Crippen molar-refractivity contribution in [3.63, 3.8) is 0 Å². The number of hydrogen-bond acceptors (Lipinski definition) is 3. The lowest BCUT2D eigenvalue weighted by Crippen LogP contribution is -2.06. The van der Waals surface area contributed by atoms with Gasteiger partial charge in [-0.1, -0.05) is 12.1 Å². The van der Waals surface area contributed by atoms with E-state index in [1.807, 2.05) is 0 Å². The van der Waals surface area contributed by atoms with Crippen LogP contribution in [0.25, 0.3) is 0 Å². The lowest BCUT2D eigenvalue weighted by molar-refractivity contribution is -0.138. The second kappa shape index (κ2) is 5.09. The summed E-state index contributed by atoms with van der Waals surface area (Å²) in [7, 11) is 0. The van der Waals surface area contributed by atoms with Crippen LogP contribution in [-0.2, 0) is 6.18 Å². The molecule has 0 aliphatic rings. The van der Waals surface area contributed by atoms with Crippen LogP contribution in [-0.4, -0.2) is 11.3 Å². The Morgan fingerprint density at radius 3 is 2.58 bits per heavy atom. The smallest absolute Gasteiger partial charge is 0.419 e. The van der Waals surface area contributed by atoms with Crippen LogP contribution in [0, 0.1) is 0 Å². The first kappa shape index (κ1) is 13.1. The fraction of sp³-hybridized carbons (Fsp3) is 0.0769. The van der Waals surface area contributed by atoms with Gasteiger partial charge in [0.1, 0.15) is 11.5 Å². The summed E-state index contributed by atoms with van der Waals surface area (Å²) in [6.45, 7) is 0. The van der Waals surface area contributed by atoms with Crippen molar-refractivity contribution < 1.29 is 22.7 Å². The van der Waals surface area contributed by atoms with Crippen LogP contribution in [0.15, 0.2) is 42.7 Å². The fourth-order valence-corrected chi connectivity index (χ4v) is 1.47. The van der Waals surface area contributed by atoms with Crippen molar-refractivity contribution in [1.82, 2.24) is 4.98 Å². The minimum absolute atomic E-state index is 0.0706. The number of carbonyl (C=O) groups is 1. The van der Waals surface area contributed by atoms with Crippen molar-refractivity contribution in [1.29, 1.82) is 0 Å². The number of alkyl halides is 3. The van der Waals surface area contributed by atoms with Crippen LogP contribution in [0.2, 0.25) is 0 Å². The van der Waals surface area contributed by atoms with E-state index in [1.165, 1.54) is 36.7 Å². The Morgan fingerprint density at radius 1 is 1.16 bits per heavy atom. The van der Waals surface area contributed by atoms with E-state index in [4.69, 9.17) is 4.74 Å². The minimum atomic E-state index is -4.51. The molecule has 3 nitrogen and oxygen atoms in total. The number of rotatable bonds is 3. The number of hydrogen-bond donors (Lipinski definition) is 0. The third-order valence-corrected chi connectivity index (χ3v) is 2.29. The number of halogens is 3. The molecule has 0 radical (unpaired) electrons. The Balaban J connectivity index is 2.35. The third-order valence-electron chi connectivity index (χ3n) is 2.29. The molecule has 0 fully saturated rings. The molecule has 98 valence electrons. The zero-order valence-corrected chi connectivity index (χ0v) is 9.52. The maximum atomic E-state index is 12.7. The molecule has 0 bridgehead atoms. The molecule has 0 atom stereocenters. The van der Waals surface area contributed by atoms with Gasteiger partial charge < -0.3 is 4.74 Å². The first-order valence-electron chi connectivity index (χ1n) is 5.25. The predicted molar refractivity (Wildman–Crippen MR) is 61.1 cm³/mol. The molecule has 1 aromatic carbocycles. The van der Waals surface area contributed by atoms with Crippen molar-refractivity contribution >= 4 is 6.29 Å². The summed E-state index contributed by atoms with van der Waals surface area (Å²) in [5, 5.41) is 0. The van der Waals surface area contributed by atoms with Crippen LogP contribution in [0.4, 0.5) is 13.2 Å². The summed E-state index contributed by atoms with van der Waals surface area (Å²) >= 11 is 0. The van der Waals surface area contributed by atoms with Crippen LogP contribution < -0.4 is 4.74 Å². The van der Waals surface area contributed by atoms with Crippen LogP contribution in [0.5, 0.6) is 11.5 Å². The largest absolute Gasteiger partial charge is 0.455 e. The van der Waals surface area contributed by atoms with Gasteiger partial charge in [-0.15, -0.1) is 0 Å². The fourth-order valence-electron chi connectivity index (χ4n) is 1.47. The van der Waals surface area contributed by atoms with Gasteiger partial charge in [0, 0.05) is 11.8 Å². The predicted octanol–water partition coefficient (Wildman–Crippen LogP) is 3.71. The molecule has 0 spiro atoms. The maximum absolute atomic E-state index is 12.7. The molecule has 2 rings (SSSR count). The van der Waals surface area contributed by atoms with Gasteiger partial charge in [-0.2, -0.15) is 13.2 Å². The van der Waals surface area contributed by atoms with E-state index in [1.54, 1.807) is 0 Å². The quantitative estimate of drug-likeness (QED) is 0.796. The van der Waals surface area contributed by atoms with Gasteiger partial charge in [-0.3, -0.25) is 9.78 Å². The number of nitrogens with zero attached hydrogens (tertiary/aromatic N) is 1. The molecule has 1 heterocycles. The van der Waals surface area contributed by atoms with E-state index in [0.29, 0.717) is 6.29 Å². The van der Waals surface area contributed by atoms with E-state index in [2.05, 4.69) is 4.98 Å². The second-order valence-electron chi connectivity index (χ2n) is 3.67. The van der Waals surface area contributed by atoms with E-state index < -0.39 is 11.7 Å².